The molecule has 2 aromatic rings. The molecule has 2 aromatic carbocycles. The van der Waals surface area contributed by atoms with E-state index in [0.29, 0.717) is 37.4 Å². The number of halogens is 2. The molecule has 1 aliphatic carbocycles. The highest BCUT2D eigenvalue weighted by Gasteiger charge is 2.33. The average Bonchev–Trinajstić information content (AvgIpc) is 3.32. The van der Waals surface area contributed by atoms with Crippen LogP contribution in [0.25, 0.3) is 0 Å². The van der Waals surface area contributed by atoms with Gasteiger partial charge in [-0.2, -0.15) is 0 Å². The highest BCUT2D eigenvalue weighted by atomic mass is 19.1. The SMILES string of the molecule is O=C(c1cccc(F)c1)N1CCOC(CN(C(=O)c2ccc(F)cc2)C2CCCC2)C1. The molecule has 0 bridgehead atoms. The summed E-state index contributed by atoms with van der Waals surface area (Å²) in [5, 5.41) is 0. The Morgan fingerprint density at radius 3 is 2.45 bits per heavy atom. The summed E-state index contributed by atoms with van der Waals surface area (Å²) < 4.78 is 32.7. The summed E-state index contributed by atoms with van der Waals surface area (Å²) in [5.74, 6) is -1.23. The Bertz CT molecular complexity index is 929. The molecule has 1 atom stereocenters. The van der Waals surface area contributed by atoms with E-state index in [1.54, 1.807) is 11.0 Å². The molecule has 0 spiro atoms. The Hall–Kier alpha value is -2.80. The number of rotatable bonds is 5. The fraction of sp³-hybridized carbons (Fsp3) is 0.417. The minimum absolute atomic E-state index is 0.107. The lowest BCUT2D eigenvalue weighted by atomic mass is 10.1. The van der Waals surface area contributed by atoms with Crippen molar-refractivity contribution in [2.45, 2.75) is 37.8 Å². The molecule has 5 nitrogen and oxygen atoms in total. The van der Waals surface area contributed by atoms with Gasteiger partial charge in [-0.05, 0) is 55.3 Å². The van der Waals surface area contributed by atoms with Gasteiger partial charge in [-0.25, -0.2) is 8.78 Å². The molecular formula is C24H26F2N2O3. The van der Waals surface area contributed by atoms with Gasteiger partial charge in [0.25, 0.3) is 11.8 Å². The molecule has 1 saturated heterocycles. The molecule has 1 heterocycles. The lowest BCUT2D eigenvalue weighted by Gasteiger charge is -2.38. The average molecular weight is 428 g/mol. The third kappa shape index (κ3) is 5.10. The standard InChI is InChI=1S/C24H26F2N2O3/c25-19-10-8-17(9-11-19)24(30)28(21-6-1-2-7-21)16-22-15-27(12-13-31-22)23(29)18-4-3-5-20(26)14-18/h3-5,8-11,14,21-22H,1-2,6-7,12-13,15-16H2. The predicted molar refractivity (Wildman–Crippen MR) is 112 cm³/mol. The van der Waals surface area contributed by atoms with E-state index in [2.05, 4.69) is 0 Å². The molecule has 2 amide bonds. The summed E-state index contributed by atoms with van der Waals surface area (Å²) in [7, 11) is 0. The molecule has 0 aromatic heterocycles. The largest absolute Gasteiger partial charge is 0.373 e. The summed E-state index contributed by atoms with van der Waals surface area (Å²) in [4.78, 5) is 29.5. The molecule has 1 saturated carbocycles. The van der Waals surface area contributed by atoms with Gasteiger partial charge in [0.15, 0.2) is 0 Å². The van der Waals surface area contributed by atoms with E-state index in [1.165, 1.54) is 42.5 Å². The Kier molecular flexibility index (Phi) is 6.61. The van der Waals surface area contributed by atoms with Crippen LogP contribution in [-0.2, 0) is 4.74 Å². The van der Waals surface area contributed by atoms with Crippen LogP contribution in [0.3, 0.4) is 0 Å². The molecular weight excluding hydrogens is 402 g/mol. The highest BCUT2D eigenvalue weighted by molar-refractivity contribution is 5.95. The Morgan fingerprint density at radius 1 is 1.00 bits per heavy atom. The monoisotopic (exact) mass is 428 g/mol. The van der Waals surface area contributed by atoms with Crippen molar-refractivity contribution in [3.05, 3.63) is 71.3 Å². The second-order valence-corrected chi connectivity index (χ2v) is 8.16. The topological polar surface area (TPSA) is 49.9 Å². The molecule has 1 unspecified atom stereocenters. The molecule has 4 rings (SSSR count). The van der Waals surface area contributed by atoms with Crippen LogP contribution < -0.4 is 0 Å². The molecule has 2 fully saturated rings. The Labute approximate surface area is 180 Å². The maximum atomic E-state index is 13.5. The van der Waals surface area contributed by atoms with Crippen LogP contribution >= 0.6 is 0 Å². The quantitative estimate of drug-likeness (QED) is 0.726. The second-order valence-electron chi connectivity index (χ2n) is 8.16. The highest BCUT2D eigenvalue weighted by Crippen LogP contribution is 2.26. The maximum Gasteiger partial charge on any atom is 0.254 e. The lowest BCUT2D eigenvalue weighted by Crippen LogP contribution is -2.52. The van der Waals surface area contributed by atoms with Crippen molar-refractivity contribution in [3.63, 3.8) is 0 Å². The van der Waals surface area contributed by atoms with Crippen molar-refractivity contribution in [3.8, 4) is 0 Å². The van der Waals surface area contributed by atoms with Crippen molar-refractivity contribution in [1.29, 1.82) is 0 Å². The molecule has 0 N–H and O–H groups in total. The Balaban J connectivity index is 1.47. The van der Waals surface area contributed by atoms with Crippen molar-refractivity contribution in [2.75, 3.05) is 26.2 Å². The van der Waals surface area contributed by atoms with Crippen LogP contribution in [0.5, 0.6) is 0 Å². The first-order chi connectivity index (χ1) is 15.0. The third-order valence-corrected chi connectivity index (χ3v) is 6.02. The zero-order valence-electron chi connectivity index (χ0n) is 17.3. The first-order valence-corrected chi connectivity index (χ1v) is 10.7. The van der Waals surface area contributed by atoms with Gasteiger partial charge in [0.1, 0.15) is 11.6 Å². The molecule has 1 aliphatic heterocycles. The van der Waals surface area contributed by atoms with Crippen molar-refractivity contribution in [2.24, 2.45) is 0 Å². The fourth-order valence-corrected chi connectivity index (χ4v) is 4.41. The van der Waals surface area contributed by atoms with Gasteiger partial charge in [0, 0.05) is 36.8 Å². The summed E-state index contributed by atoms with van der Waals surface area (Å²) >= 11 is 0. The third-order valence-electron chi connectivity index (χ3n) is 6.02. The first-order valence-electron chi connectivity index (χ1n) is 10.7. The summed E-state index contributed by atoms with van der Waals surface area (Å²) in [6.45, 7) is 1.46. The van der Waals surface area contributed by atoms with Crippen LogP contribution in [0.1, 0.15) is 46.4 Å². The van der Waals surface area contributed by atoms with Crippen LogP contribution in [0.15, 0.2) is 48.5 Å². The number of morpholine rings is 1. The minimum Gasteiger partial charge on any atom is -0.373 e. The molecule has 31 heavy (non-hydrogen) atoms. The van der Waals surface area contributed by atoms with E-state index >= 15 is 0 Å². The lowest BCUT2D eigenvalue weighted by molar-refractivity contribution is -0.0371. The van der Waals surface area contributed by atoms with Crippen molar-refractivity contribution < 1.29 is 23.1 Å². The normalized spacial score (nSPS) is 19.4. The first kappa shape index (κ1) is 21.4. The number of ether oxygens (including phenoxy) is 1. The van der Waals surface area contributed by atoms with E-state index in [1.807, 2.05) is 4.90 Å². The van der Waals surface area contributed by atoms with E-state index in [-0.39, 0.29) is 29.8 Å². The smallest absolute Gasteiger partial charge is 0.254 e. The number of benzene rings is 2. The van der Waals surface area contributed by atoms with Crippen molar-refractivity contribution in [1.82, 2.24) is 9.80 Å². The van der Waals surface area contributed by atoms with Crippen molar-refractivity contribution >= 4 is 11.8 Å². The number of nitrogens with zero attached hydrogens (tertiary/aromatic N) is 2. The Morgan fingerprint density at radius 2 is 1.74 bits per heavy atom. The van der Waals surface area contributed by atoms with E-state index in [9.17, 15) is 18.4 Å². The molecule has 0 radical (unpaired) electrons. The summed E-state index contributed by atoms with van der Waals surface area (Å²) in [5.41, 5.74) is 0.743. The van der Waals surface area contributed by atoms with Crippen LogP contribution in [0.4, 0.5) is 8.78 Å². The predicted octanol–water partition coefficient (Wildman–Crippen LogP) is 3.89. The molecule has 7 heteroatoms. The maximum absolute atomic E-state index is 13.5. The second kappa shape index (κ2) is 9.56. The minimum atomic E-state index is -0.451. The van der Waals surface area contributed by atoms with Gasteiger partial charge in [0.2, 0.25) is 0 Å². The van der Waals surface area contributed by atoms with Gasteiger partial charge in [-0.3, -0.25) is 9.59 Å². The number of amides is 2. The zero-order valence-corrected chi connectivity index (χ0v) is 17.3. The van der Waals surface area contributed by atoms with Gasteiger partial charge >= 0.3 is 0 Å². The molecule has 164 valence electrons. The number of carbonyl (C=O) groups is 2. The number of hydrogen-bond donors (Lipinski definition) is 0. The summed E-state index contributed by atoms with van der Waals surface area (Å²) in [6.07, 6.45) is 3.63. The van der Waals surface area contributed by atoms with E-state index < -0.39 is 5.82 Å². The number of hydrogen-bond acceptors (Lipinski definition) is 3. The zero-order chi connectivity index (χ0) is 21.8. The van der Waals surface area contributed by atoms with Gasteiger partial charge in [0.05, 0.1) is 12.7 Å². The van der Waals surface area contributed by atoms with Crippen LogP contribution in [-0.4, -0.2) is 60.0 Å². The number of carbonyl (C=O) groups excluding carboxylic acids is 2. The van der Waals surface area contributed by atoms with Crippen LogP contribution in [0.2, 0.25) is 0 Å². The van der Waals surface area contributed by atoms with Gasteiger partial charge in [-0.1, -0.05) is 18.9 Å². The summed E-state index contributed by atoms with van der Waals surface area (Å²) in [6, 6.07) is 11.3. The fourth-order valence-electron chi connectivity index (χ4n) is 4.41. The van der Waals surface area contributed by atoms with E-state index in [4.69, 9.17) is 4.74 Å². The van der Waals surface area contributed by atoms with Gasteiger partial charge < -0.3 is 14.5 Å². The molecule has 2 aliphatic rings. The van der Waals surface area contributed by atoms with Gasteiger partial charge in [-0.15, -0.1) is 0 Å². The van der Waals surface area contributed by atoms with E-state index in [0.717, 1.165) is 25.7 Å². The van der Waals surface area contributed by atoms with Crippen LogP contribution in [0, 0.1) is 11.6 Å².